The number of carbonyl (C=O) groups is 1. The number of rotatable bonds is 4. The molecule has 2 aromatic carbocycles. The van der Waals surface area contributed by atoms with Crippen LogP contribution < -0.4 is 0 Å². The molecule has 1 heterocycles. The molecule has 0 spiro atoms. The number of likely N-dealkylation sites (tertiary alicyclic amines) is 1. The molecular weight excluding hydrogens is 383 g/mol. The highest BCUT2D eigenvalue weighted by molar-refractivity contribution is 6.42. The third-order valence-corrected chi connectivity index (χ3v) is 4.98. The maximum absolute atomic E-state index is 13.2. The quantitative estimate of drug-likeness (QED) is 0.716. The summed E-state index contributed by atoms with van der Waals surface area (Å²) in [4.78, 5) is 14.3. The normalized spacial score (nSPS) is 17.4. The molecule has 1 saturated heterocycles. The third kappa shape index (κ3) is 4.72. The van der Waals surface area contributed by atoms with Crippen LogP contribution in [0.15, 0.2) is 36.4 Å². The van der Waals surface area contributed by atoms with E-state index in [9.17, 15) is 13.6 Å². The molecule has 0 aromatic heterocycles. The lowest BCUT2D eigenvalue weighted by Crippen LogP contribution is -2.43. The number of hydrogen-bond acceptors (Lipinski definition) is 2. The fraction of sp³-hybridized carbons (Fsp3) is 0.316. The third-order valence-electron chi connectivity index (χ3n) is 4.24. The Bertz CT molecular complexity index is 796. The van der Waals surface area contributed by atoms with Crippen molar-refractivity contribution in [2.24, 2.45) is 0 Å². The van der Waals surface area contributed by atoms with Crippen LogP contribution in [0.25, 0.3) is 0 Å². The molecule has 1 aliphatic heterocycles. The molecule has 0 radical (unpaired) electrons. The highest BCUT2D eigenvalue weighted by atomic mass is 35.5. The summed E-state index contributed by atoms with van der Waals surface area (Å²) in [5.74, 6) is -1.42. The number of ether oxygens (including phenoxy) is 1. The second-order valence-corrected chi connectivity index (χ2v) is 7.05. The minimum atomic E-state index is -0.635. The number of nitrogens with zero attached hydrogens (tertiary/aromatic N) is 1. The molecule has 0 unspecified atom stereocenters. The zero-order chi connectivity index (χ0) is 18.7. The van der Waals surface area contributed by atoms with Gasteiger partial charge in [-0.3, -0.25) is 4.79 Å². The van der Waals surface area contributed by atoms with Crippen LogP contribution in [0.3, 0.4) is 0 Å². The van der Waals surface area contributed by atoms with E-state index in [0.717, 1.165) is 18.9 Å². The van der Waals surface area contributed by atoms with Gasteiger partial charge in [-0.15, -0.1) is 0 Å². The summed E-state index contributed by atoms with van der Waals surface area (Å²) in [6, 6.07) is 8.08. The summed E-state index contributed by atoms with van der Waals surface area (Å²) in [6.45, 7) is 1.12. The molecule has 0 N–H and O–H groups in total. The van der Waals surface area contributed by atoms with Gasteiger partial charge >= 0.3 is 0 Å². The van der Waals surface area contributed by atoms with Crippen molar-refractivity contribution in [1.29, 1.82) is 0 Å². The van der Waals surface area contributed by atoms with Crippen molar-refractivity contribution in [3.63, 3.8) is 0 Å². The highest BCUT2D eigenvalue weighted by Gasteiger charge is 2.25. The van der Waals surface area contributed by atoms with Crippen molar-refractivity contribution in [3.8, 4) is 0 Å². The number of benzene rings is 2. The first-order valence-corrected chi connectivity index (χ1v) is 8.99. The Kier molecular flexibility index (Phi) is 6.12. The Hall–Kier alpha value is -1.69. The minimum Gasteiger partial charge on any atom is -0.372 e. The molecule has 26 heavy (non-hydrogen) atoms. The van der Waals surface area contributed by atoms with Crippen LogP contribution in [0, 0.1) is 11.6 Å². The Morgan fingerprint density at radius 3 is 2.54 bits per heavy atom. The van der Waals surface area contributed by atoms with E-state index in [-0.39, 0.29) is 18.6 Å². The number of hydrogen-bond donors (Lipinski definition) is 0. The zero-order valence-corrected chi connectivity index (χ0v) is 15.4. The smallest absolute Gasteiger partial charge is 0.253 e. The van der Waals surface area contributed by atoms with Gasteiger partial charge in [0.25, 0.3) is 5.91 Å². The van der Waals surface area contributed by atoms with Crippen molar-refractivity contribution in [2.45, 2.75) is 25.6 Å². The zero-order valence-electron chi connectivity index (χ0n) is 13.9. The van der Waals surface area contributed by atoms with Crippen LogP contribution in [-0.2, 0) is 11.3 Å². The van der Waals surface area contributed by atoms with E-state index in [1.807, 2.05) is 0 Å². The second-order valence-electron chi connectivity index (χ2n) is 6.23. The summed E-state index contributed by atoms with van der Waals surface area (Å²) in [5, 5.41) is 0.723. The standard InChI is InChI=1S/C19H17Cl2F2NO2/c20-17-4-3-13(8-18(17)21)19(25)24-5-1-2-16(10-24)26-11-12-6-14(22)9-15(23)7-12/h3-4,6-9,16H,1-2,5,10-11H2/t16-/m0/s1. The summed E-state index contributed by atoms with van der Waals surface area (Å²) < 4.78 is 32.2. The molecule has 2 aromatic rings. The van der Waals surface area contributed by atoms with Gasteiger partial charge in [0.1, 0.15) is 11.6 Å². The topological polar surface area (TPSA) is 29.5 Å². The lowest BCUT2D eigenvalue weighted by molar-refractivity contribution is -0.00686. The minimum absolute atomic E-state index is 0.0914. The maximum atomic E-state index is 13.2. The van der Waals surface area contributed by atoms with Gasteiger partial charge in [-0.05, 0) is 48.7 Å². The Morgan fingerprint density at radius 2 is 1.85 bits per heavy atom. The fourth-order valence-electron chi connectivity index (χ4n) is 2.98. The van der Waals surface area contributed by atoms with Crippen molar-refractivity contribution in [3.05, 3.63) is 69.2 Å². The van der Waals surface area contributed by atoms with E-state index in [2.05, 4.69) is 0 Å². The molecular formula is C19H17Cl2F2NO2. The van der Waals surface area contributed by atoms with Gasteiger partial charge in [0.15, 0.2) is 0 Å². The van der Waals surface area contributed by atoms with Crippen LogP contribution in [0.1, 0.15) is 28.8 Å². The van der Waals surface area contributed by atoms with Crippen molar-refractivity contribution in [2.75, 3.05) is 13.1 Å². The van der Waals surface area contributed by atoms with E-state index in [0.29, 0.717) is 34.3 Å². The summed E-state index contributed by atoms with van der Waals surface area (Å²) in [6.07, 6.45) is 1.37. The van der Waals surface area contributed by atoms with Gasteiger partial charge in [0.2, 0.25) is 0 Å². The van der Waals surface area contributed by atoms with Crippen LogP contribution in [0.2, 0.25) is 10.0 Å². The number of carbonyl (C=O) groups excluding carboxylic acids is 1. The number of halogens is 4. The summed E-state index contributed by atoms with van der Waals surface area (Å²) in [5.41, 5.74) is 0.891. The monoisotopic (exact) mass is 399 g/mol. The molecule has 0 aliphatic carbocycles. The van der Waals surface area contributed by atoms with Gasteiger partial charge in [0, 0.05) is 24.7 Å². The summed E-state index contributed by atoms with van der Waals surface area (Å²) >= 11 is 11.9. The van der Waals surface area contributed by atoms with E-state index in [1.165, 1.54) is 12.1 Å². The van der Waals surface area contributed by atoms with Gasteiger partial charge in [-0.2, -0.15) is 0 Å². The Morgan fingerprint density at radius 1 is 1.12 bits per heavy atom. The number of amides is 1. The molecule has 0 saturated carbocycles. The molecule has 1 aliphatic rings. The summed E-state index contributed by atoms with van der Waals surface area (Å²) in [7, 11) is 0. The van der Waals surface area contributed by atoms with E-state index in [1.54, 1.807) is 23.1 Å². The van der Waals surface area contributed by atoms with Crippen LogP contribution in [0.5, 0.6) is 0 Å². The predicted octanol–water partition coefficient (Wildman–Crippen LogP) is 5.09. The Balaban J connectivity index is 1.61. The van der Waals surface area contributed by atoms with Crippen molar-refractivity contribution < 1.29 is 18.3 Å². The van der Waals surface area contributed by atoms with E-state index < -0.39 is 11.6 Å². The highest BCUT2D eigenvalue weighted by Crippen LogP contribution is 2.24. The van der Waals surface area contributed by atoms with Gasteiger partial charge in [0.05, 0.1) is 22.8 Å². The first-order chi connectivity index (χ1) is 12.4. The average molecular weight is 400 g/mol. The lowest BCUT2D eigenvalue weighted by atomic mass is 10.1. The molecule has 138 valence electrons. The predicted molar refractivity (Wildman–Crippen MR) is 96.5 cm³/mol. The van der Waals surface area contributed by atoms with Gasteiger partial charge in [-0.25, -0.2) is 8.78 Å². The molecule has 1 atom stereocenters. The molecule has 3 nitrogen and oxygen atoms in total. The SMILES string of the molecule is O=C(c1ccc(Cl)c(Cl)c1)N1CCC[C@H](OCc2cc(F)cc(F)c2)C1. The average Bonchev–Trinajstić information content (AvgIpc) is 2.61. The number of piperidine rings is 1. The van der Waals surface area contributed by atoms with E-state index in [4.69, 9.17) is 27.9 Å². The van der Waals surface area contributed by atoms with Crippen LogP contribution >= 0.6 is 23.2 Å². The molecule has 0 bridgehead atoms. The molecule has 7 heteroatoms. The fourth-order valence-corrected chi connectivity index (χ4v) is 3.28. The van der Waals surface area contributed by atoms with E-state index >= 15 is 0 Å². The van der Waals surface area contributed by atoms with Gasteiger partial charge in [-0.1, -0.05) is 23.2 Å². The largest absolute Gasteiger partial charge is 0.372 e. The molecule has 3 rings (SSSR count). The van der Waals surface area contributed by atoms with Crippen molar-refractivity contribution >= 4 is 29.1 Å². The first kappa shape index (κ1) is 19.1. The van der Waals surface area contributed by atoms with Crippen LogP contribution in [-0.4, -0.2) is 30.0 Å². The van der Waals surface area contributed by atoms with Crippen molar-refractivity contribution in [1.82, 2.24) is 4.90 Å². The lowest BCUT2D eigenvalue weighted by Gasteiger charge is -2.32. The van der Waals surface area contributed by atoms with Crippen LogP contribution in [0.4, 0.5) is 8.78 Å². The van der Waals surface area contributed by atoms with Gasteiger partial charge < -0.3 is 9.64 Å². The Labute approximate surface area is 160 Å². The molecule has 1 fully saturated rings. The first-order valence-electron chi connectivity index (χ1n) is 8.23. The second kappa shape index (κ2) is 8.33. The molecule has 1 amide bonds. The maximum Gasteiger partial charge on any atom is 0.253 e.